The first-order chi connectivity index (χ1) is 8.24. The number of nitrogens with two attached hydrogens (primary N) is 1. The van der Waals surface area contributed by atoms with Crippen LogP contribution in [0.15, 0.2) is 30.5 Å². The lowest BCUT2D eigenvalue weighted by molar-refractivity contribution is 1.12. The van der Waals surface area contributed by atoms with Gasteiger partial charge in [0.1, 0.15) is 5.82 Å². The topological polar surface area (TPSA) is 51.8 Å². The van der Waals surface area contributed by atoms with Crippen LogP contribution in [0.1, 0.15) is 24.3 Å². The normalized spacial score (nSPS) is 14.9. The molecule has 1 aliphatic carbocycles. The van der Waals surface area contributed by atoms with Gasteiger partial charge in [-0.2, -0.15) is 0 Å². The Morgan fingerprint density at radius 3 is 2.82 bits per heavy atom. The predicted octanol–water partition coefficient (Wildman–Crippen LogP) is 3.21. The highest BCUT2D eigenvalue weighted by atomic mass is 127. The van der Waals surface area contributed by atoms with Crippen molar-refractivity contribution in [2.45, 2.75) is 18.8 Å². The average Bonchev–Trinajstić information content (AvgIpc) is 3.17. The summed E-state index contributed by atoms with van der Waals surface area (Å²) < 4.78 is 0.893. The number of halogens is 1. The van der Waals surface area contributed by atoms with Crippen molar-refractivity contribution in [3.05, 3.63) is 39.6 Å². The first kappa shape index (κ1) is 11.0. The van der Waals surface area contributed by atoms with Crippen molar-refractivity contribution < 1.29 is 0 Å². The molecule has 2 aromatic rings. The molecule has 0 spiro atoms. The highest BCUT2D eigenvalue weighted by molar-refractivity contribution is 14.1. The third-order valence-corrected chi connectivity index (χ3v) is 3.80. The second-order valence-electron chi connectivity index (χ2n) is 4.33. The Bertz CT molecular complexity index is 564. The molecule has 3 rings (SSSR count). The number of aromatic nitrogens is 2. The van der Waals surface area contributed by atoms with Gasteiger partial charge in [-0.15, -0.1) is 0 Å². The number of nitrogens with zero attached hydrogens (tertiary/aromatic N) is 2. The van der Waals surface area contributed by atoms with Crippen molar-refractivity contribution in [2.24, 2.45) is 0 Å². The summed E-state index contributed by atoms with van der Waals surface area (Å²) in [6, 6.07) is 8.46. The lowest BCUT2D eigenvalue weighted by Crippen LogP contribution is -1.98. The molecule has 86 valence electrons. The number of hydrogen-bond acceptors (Lipinski definition) is 3. The predicted molar refractivity (Wildman–Crippen MR) is 76.6 cm³/mol. The molecule has 1 aliphatic rings. The van der Waals surface area contributed by atoms with E-state index in [9.17, 15) is 0 Å². The summed E-state index contributed by atoms with van der Waals surface area (Å²) in [4.78, 5) is 8.65. The van der Waals surface area contributed by atoms with Crippen LogP contribution in [0.4, 0.5) is 5.82 Å². The lowest BCUT2D eigenvalue weighted by atomic mass is 10.1. The molecular formula is C13H12IN3. The van der Waals surface area contributed by atoms with Crippen molar-refractivity contribution in [3.8, 4) is 11.4 Å². The Hall–Kier alpha value is -1.17. The van der Waals surface area contributed by atoms with Crippen LogP contribution in [0.2, 0.25) is 0 Å². The third-order valence-electron chi connectivity index (χ3n) is 2.96. The van der Waals surface area contributed by atoms with Crippen LogP contribution < -0.4 is 5.73 Å². The first-order valence-corrected chi connectivity index (χ1v) is 6.70. The highest BCUT2D eigenvalue weighted by Crippen LogP contribution is 2.40. The number of anilines is 1. The fourth-order valence-corrected chi connectivity index (χ4v) is 2.13. The van der Waals surface area contributed by atoms with Crippen molar-refractivity contribution in [1.82, 2.24) is 9.97 Å². The SMILES string of the molecule is Nc1nc(-c2cccc(C3CC3)c2)ncc1I. The molecule has 1 saturated carbocycles. The van der Waals surface area contributed by atoms with E-state index >= 15 is 0 Å². The minimum absolute atomic E-state index is 0.549. The molecule has 4 heteroatoms. The summed E-state index contributed by atoms with van der Waals surface area (Å²) in [6.07, 6.45) is 4.38. The molecule has 0 bridgehead atoms. The van der Waals surface area contributed by atoms with E-state index in [1.807, 2.05) is 6.07 Å². The maximum absolute atomic E-state index is 5.81. The second kappa shape index (κ2) is 4.25. The Labute approximate surface area is 114 Å². The van der Waals surface area contributed by atoms with Gasteiger partial charge in [0.2, 0.25) is 0 Å². The molecule has 17 heavy (non-hydrogen) atoms. The lowest BCUT2D eigenvalue weighted by Gasteiger charge is -2.04. The summed E-state index contributed by atoms with van der Waals surface area (Å²) >= 11 is 2.14. The molecule has 1 heterocycles. The largest absolute Gasteiger partial charge is 0.383 e. The van der Waals surface area contributed by atoms with Crippen molar-refractivity contribution in [2.75, 3.05) is 5.73 Å². The van der Waals surface area contributed by atoms with Gasteiger partial charge in [-0.1, -0.05) is 18.2 Å². The number of rotatable bonds is 2. The minimum Gasteiger partial charge on any atom is -0.383 e. The number of nitrogen functional groups attached to an aromatic ring is 1. The fraction of sp³-hybridized carbons (Fsp3) is 0.231. The van der Waals surface area contributed by atoms with E-state index in [0.717, 1.165) is 15.1 Å². The summed E-state index contributed by atoms with van der Waals surface area (Å²) in [5, 5.41) is 0. The van der Waals surface area contributed by atoms with Crippen LogP contribution in [0.5, 0.6) is 0 Å². The molecule has 0 atom stereocenters. The van der Waals surface area contributed by atoms with Crippen LogP contribution in [0.25, 0.3) is 11.4 Å². The highest BCUT2D eigenvalue weighted by Gasteiger charge is 2.23. The molecule has 0 saturated heterocycles. The van der Waals surface area contributed by atoms with Crippen LogP contribution in [0, 0.1) is 3.57 Å². The Morgan fingerprint density at radius 2 is 2.12 bits per heavy atom. The van der Waals surface area contributed by atoms with E-state index in [4.69, 9.17) is 5.73 Å². The molecule has 0 aliphatic heterocycles. The standard InChI is InChI=1S/C13H12IN3/c14-11-7-16-13(17-12(11)15)10-3-1-2-9(6-10)8-4-5-8/h1-3,6-8H,4-5H2,(H2,15,16,17). The molecule has 0 unspecified atom stereocenters. The zero-order valence-corrected chi connectivity index (χ0v) is 11.4. The molecule has 0 amide bonds. The summed E-state index contributed by atoms with van der Waals surface area (Å²) in [7, 11) is 0. The van der Waals surface area contributed by atoms with E-state index in [1.165, 1.54) is 18.4 Å². The minimum atomic E-state index is 0.549. The van der Waals surface area contributed by atoms with E-state index in [-0.39, 0.29) is 0 Å². The van der Waals surface area contributed by atoms with Gasteiger partial charge in [0, 0.05) is 11.8 Å². The van der Waals surface area contributed by atoms with E-state index < -0.39 is 0 Å². The average molecular weight is 337 g/mol. The van der Waals surface area contributed by atoms with Crippen molar-refractivity contribution >= 4 is 28.4 Å². The van der Waals surface area contributed by atoms with Crippen molar-refractivity contribution in [1.29, 1.82) is 0 Å². The van der Waals surface area contributed by atoms with Gasteiger partial charge in [0.15, 0.2) is 5.82 Å². The van der Waals surface area contributed by atoms with Crippen LogP contribution in [-0.2, 0) is 0 Å². The Balaban J connectivity index is 2.01. The zero-order valence-electron chi connectivity index (χ0n) is 9.23. The summed E-state index contributed by atoms with van der Waals surface area (Å²) in [5.41, 5.74) is 8.25. The number of benzene rings is 1. The molecule has 1 aromatic carbocycles. The van der Waals surface area contributed by atoms with Crippen molar-refractivity contribution in [3.63, 3.8) is 0 Å². The fourth-order valence-electron chi connectivity index (χ4n) is 1.87. The monoisotopic (exact) mass is 337 g/mol. The van der Waals surface area contributed by atoms with Gasteiger partial charge in [-0.3, -0.25) is 0 Å². The van der Waals surface area contributed by atoms with E-state index in [2.05, 4.69) is 50.8 Å². The Morgan fingerprint density at radius 1 is 1.29 bits per heavy atom. The Kier molecular flexibility index (Phi) is 2.74. The molecular weight excluding hydrogens is 325 g/mol. The maximum atomic E-state index is 5.81. The molecule has 1 aromatic heterocycles. The smallest absolute Gasteiger partial charge is 0.161 e. The second-order valence-corrected chi connectivity index (χ2v) is 5.49. The van der Waals surface area contributed by atoms with Gasteiger partial charge < -0.3 is 5.73 Å². The molecule has 0 radical (unpaired) electrons. The van der Waals surface area contributed by atoms with Crippen LogP contribution in [-0.4, -0.2) is 9.97 Å². The summed E-state index contributed by atoms with van der Waals surface area (Å²) in [5.74, 6) is 2.01. The first-order valence-electron chi connectivity index (χ1n) is 5.62. The van der Waals surface area contributed by atoms with E-state index in [0.29, 0.717) is 11.6 Å². The zero-order chi connectivity index (χ0) is 11.8. The molecule has 1 fully saturated rings. The quantitative estimate of drug-likeness (QED) is 0.857. The maximum Gasteiger partial charge on any atom is 0.161 e. The van der Waals surface area contributed by atoms with Gasteiger partial charge in [0.05, 0.1) is 3.57 Å². The molecule has 3 nitrogen and oxygen atoms in total. The third kappa shape index (κ3) is 2.26. The van der Waals surface area contributed by atoms with Gasteiger partial charge >= 0.3 is 0 Å². The van der Waals surface area contributed by atoms with Crippen LogP contribution in [0.3, 0.4) is 0 Å². The summed E-state index contributed by atoms with van der Waals surface area (Å²) in [6.45, 7) is 0. The molecule has 2 N–H and O–H groups in total. The van der Waals surface area contributed by atoms with E-state index in [1.54, 1.807) is 6.20 Å². The van der Waals surface area contributed by atoms with Gasteiger partial charge in [0.25, 0.3) is 0 Å². The van der Waals surface area contributed by atoms with Crippen LogP contribution >= 0.6 is 22.6 Å². The van der Waals surface area contributed by atoms with Gasteiger partial charge in [-0.05, 0) is 53.0 Å². The number of hydrogen-bond donors (Lipinski definition) is 1. The van der Waals surface area contributed by atoms with Gasteiger partial charge in [-0.25, -0.2) is 9.97 Å².